The van der Waals surface area contributed by atoms with E-state index in [0.717, 1.165) is 28.3 Å². The molecule has 4 aliphatic rings. The fourth-order valence-corrected chi connectivity index (χ4v) is 9.74. The molecule has 1 spiro atoms. The van der Waals surface area contributed by atoms with Crippen LogP contribution in [0.5, 0.6) is 11.5 Å². The molecular formula is C50H32N2O. The first-order valence-corrected chi connectivity index (χ1v) is 18.4. The molecule has 0 saturated heterocycles. The van der Waals surface area contributed by atoms with Crippen molar-refractivity contribution in [3.05, 3.63) is 210 Å². The van der Waals surface area contributed by atoms with E-state index in [1.165, 1.54) is 72.6 Å². The zero-order valence-corrected chi connectivity index (χ0v) is 28.8. The first kappa shape index (κ1) is 28.8. The molecule has 248 valence electrons. The minimum Gasteiger partial charge on any atom is -0.456 e. The molecule has 3 nitrogen and oxygen atoms in total. The average molecular weight is 677 g/mol. The Hall–Kier alpha value is -6.84. The van der Waals surface area contributed by atoms with Crippen LogP contribution >= 0.6 is 0 Å². The standard InChI is InChI=1S/C50H32N2O/c1-4-19-40-36(15-1)37-16-2-5-20-41(37)50(40)42-21-6-10-26-47(42)53-48-34(18-12-22-43(48)50)33-14-11-13-31(29-33)32-27-28-35-38-17-3-8-24-45(38)52-46-25-9-7-23-44(46)51-49(52)39(35)30-32/h1-30,49,51H. The molecule has 0 bridgehead atoms. The normalized spacial score (nSPS) is 15.8. The van der Waals surface area contributed by atoms with E-state index >= 15 is 0 Å². The van der Waals surface area contributed by atoms with Crippen LogP contribution in [0.3, 0.4) is 0 Å². The molecule has 1 atom stereocenters. The van der Waals surface area contributed by atoms with Crippen molar-refractivity contribution in [1.29, 1.82) is 0 Å². The van der Waals surface area contributed by atoms with Crippen LogP contribution in [0.15, 0.2) is 182 Å². The number of anilines is 3. The van der Waals surface area contributed by atoms with Crippen molar-refractivity contribution in [3.8, 4) is 56.0 Å². The molecule has 0 amide bonds. The van der Waals surface area contributed by atoms with Gasteiger partial charge in [-0.15, -0.1) is 0 Å². The topological polar surface area (TPSA) is 24.5 Å². The van der Waals surface area contributed by atoms with Crippen LogP contribution in [0.2, 0.25) is 0 Å². The molecule has 0 radical (unpaired) electrons. The number of ether oxygens (including phenoxy) is 1. The summed E-state index contributed by atoms with van der Waals surface area (Å²) in [6.45, 7) is 0. The highest BCUT2D eigenvalue weighted by Crippen LogP contribution is 2.63. The average Bonchev–Trinajstić information content (AvgIpc) is 3.76. The highest BCUT2D eigenvalue weighted by atomic mass is 16.5. The van der Waals surface area contributed by atoms with Gasteiger partial charge >= 0.3 is 0 Å². The molecule has 0 fully saturated rings. The van der Waals surface area contributed by atoms with Gasteiger partial charge in [-0.05, 0) is 80.9 Å². The second kappa shape index (κ2) is 10.6. The van der Waals surface area contributed by atoms with Crippen LogP contribution in [0.4, 0.5) is 17.1 Å². The van der Waals surface area contributed by atoms with E-state index in [2.05, 4.69) is 192 Å². The van der Waals surface area contributed by atoms with Crippen LogP contribution in [0, 0.1) is 0 Å². The van der Waals surface area contributed by atoms with Gasteiger partial charge in [-0.1, -0.05) is 146 Å². The fraction of sp³-hybridized carbons (Fsp3) is 0.0400. The predicted molar refractivity (Wildman–Crippen MR) is 215 cm³/mol. The van der Waals surface area contributed by atoms with Crippen molar-refractivity contribution in [2.45, 2.75) is 11.6 Å². The summed E-state index contributed by atoms with van der Waals surface area (Å²) in [5.74, 6) is 1.82. The Morgan fingerprint density at radius 2 is 1.04 bits per heavy atom. The molecule has 8 aromatic carbocycles. The van der Waals surface area contributed by atoms with E-state index in [1.807, 2.05) is 0 Å². The molecule has 3 aliphatic heterocycles. The van der Waals surface area contributed by atoms with E-state index in [-0.39, 0.29) is 6.17 Å². The van der Waals surface area contributed by atoms with Crippen LogP contribution < -0.4 is 15.0 Å². The number of benzene rings is 8. The largest absolute Gasteiger partial charge is 0.456 e. The Morgan fingerprint density at radius 3 is 1.87 bits per heavy atom. The SMILES string of the molecule is c1cc(-c2ccc3c(c2)C2Nc4ccccc4N2c2ccccc2-3)cc(-c2cccc3c2Oc2ccccc2C32c3ccccc3-c3ccccc32)c1. The number of nitrogens with one attached hydrogen (secondary N) is 1. The zero-order chi connectivity index (χ0) is 34.7. The van der Waals surface area contributed by atoms with Crippen molar-refractivity contribution in [3.63, 3.8) is 0 Å². The molecule has 0 aromatic heterocycles. The predicted octanol–water partition coefficient (Wildman–Crippen LogP) is 12.7. The lowest BCUT2D eigenvalue weighted by atomic mass is 9.65. The van der Waals surface area contributed by atoms with Crippen molar-refractivity contribution >= 4 is 17.1 Å². The van der Waals surface area contributed by atoms with E-state index in [4.69, 9.17) is 4.74 Å². The van der Waals surface area contributed by atoms with Gasteiger partial charge in [0.05, 0.1) is 22.5 Å². The van der Waals surface area contributed by atoms with Gasteiger partial charge < -0.3 is 15.0 Å². The molecule has 0 saturated carbocycles. The monoisotopic (exact) mass is 676 g/mol. The maximum absolute atomic E-state index is 7.00. The number of fused-ring (bicyclic) bond motifs is 17. The molecule has 12 rings (SSSR count). The lowest BCUT2D eigenvalue weighted by molar-refractivity contribution is 0.438. The summed E-state index contributed by atoms with van der Waals surface area (Å²) in [5, 5.41) is 3.84. The minimum absolute atomic E-state index is 0.0170. The highest BCUT2D eigenvalue weighted by Gasteiger charge is 2.51. The third-order valence-corrected chi connectivity index (χ3v) is 11.9. The number of nitrogens with zero attached hydrogens (tertiary/aromatic N) is 1. The summed E-state index contributed by atoms with van der Waals surface area (Å²) in [5.41, 5.74) is 19.0. The number of hydrogen-bond donors (Lipinski definition) is 1. The van der Waals surface area contributed by atoms with Crippen LogP contribution in [-0.2, 0) is 5.41 Å². The summed E-state index contributed by atoms with van der Waals surface area (Å²) < 4.78 is 7.00. The summed E-state index contributed by atoms with van der Waals surface area (Å²) in [7, 11) is 0. The van der Waals surface area contributed by atoms with Gasteiger partial charge in [-0.2, -0.15) is 0 Å². The Morgan fingerprint density at radius 1 is 0.434 bits per heavy atom. The zero-order valence-electron chi connectivity index (χ0n) is 28.8. The van der Waals surface area contributed by atoms with Gasteiger partial charge in [0.1, 0.15) is 17.7 Å². The first-order chi connectivity index (χ1) is 26.3. The molecule has 1 aliphatic carbocycles. The number of hydrogen-bond acceptors (Lipinski definition) is 3. The van der Waals surface area contributed by atoms with Crippen molar-refractivity contribution < 1.29 is 4.74 Å². The first-order valence-electron chi connectivity index (χ1n) is 18.4. The van der Waals surface area contributed by atoms with Crippen molar-refractivity contribution in [2.24, 2.45) is 0 Å². The Labute approximate surface area is 308 Å². The van der Waals surface area contributed by atoms with Gasteiger partial charge in [0.25, 0.3) is 0 Å². The van der Waals surface area contributed by atoms with Gasteiger partial charge in [-0.25, -0.2) is 0 Å². The Balaban J connectivity index is 1.02. The Kier molecular flexibility index (Phi) is 5.76. The lowest BCUT2D eigenvalue weighted by Gasteiger charge is -2.40. The van der Waals surface area contributed by atoms with E-state index < -0.39 is 5.41 Å². The van der Waals surface area contributed by atoms with Gasteiger partial charge in [0.15, 0.2) is 0 Å². The van der Waals surface area contributed by atoms with Crippen LogP contribution in [0.1, 0.15) is 34.0 Å². The van der Waals surface area contributed by atoms with E-state index in [9.17, 15) is 0 Å². The number of para-hydroxylation sites is 5. The smallest absolute Gasteiger partial charge is 0.140 e. The third kappa shape index (κ3) is 3.78. The third-order valence-electron chi connectivity index (χ3n) is 11.9. The van der Waals surface area contributed by atoms with Crippen LogP contribution in [0.25, 0.3) is 44.5 Å². The van der Waals surface area contributed by atoms with Crippen molar-refractivity contribution in [2.75, 3.05) is 10.2 Å². The van der Waals surface area contributed by atoms with Gasteiger partial charge in [0.2, 0.25) is 0 Å². The highest BCUT2D eigenvalue weighted by molar-refractivity contribution is 5.96. The Bertz CT molecular complexity index is 2790. The van der Waals surface area contributed by atoms with Crippen LogP contribution in [-0.4, -0.2) is 0 Å². The van der Waals surface area contributed by atoms with Gasteiger partial charge in [-0.3, -0.25) is 0 Å². The van der Waals surface area contributed by atoms with Crippen molar-refractivity contribution in [1.82, 2.24) is 0 Å². The summed E-state index contributed by atoms with van der Waals surface area (Å²) in [6.07, 6.45) is 0.0170. The molecule has 1 N–H and O–H groups in total. The maximum atomic E-state index is 7.00. The van der Waals surface area contributed by atoms with E-state index in [0.29, 0.717) is 0 Å². The van der Waals surface area contributed by atoms with Gasteiger partial charge in [0, 0.05) is 27.8 Å². The molecule has 3 heteroatoms. The minimum atomic E-state index is -0.489. The molecule has 8 aromatic rings. The molecule has 3 heterocycles. The molecule has 53 heavy (non-hydrogen) atoms. The summed E-state index contributed by atoms with van der Waals surface area (Å²) in [4.78, 5) is 2.45. The summed E-state index contributed by atoms with van der Waals surface area (Å²) >= 11 is 0. The second-order valence-corrected chi connectivity index (χ2v) is 14.5. The quantitative estimate of drug-likeness (QED) is 0.197. The number of rotatable bonds is 2. The fourth-order valence-electron chi connectivity index (χ4n) is 9.74. The molecule has 1 unspecified atom stereocenters. The summed E-state index contributed by atoms with van der Waals surface area (Å²) in [6, 6.07) is 66.4. The molecular weight excluding hydrogens is 645 g/mol. The lowest BCUT2D eigenvalue weighted by Crippen LogP contribution is -2.32. The maximum Gasteiger partial charge on any atom is 0.140 e. The van der Waals surface area contributed by atoms with E-state index in [1.54, 1.807) is 0 Å². The second-order valence-electron chi connectivity index (χ2n) is 14.5.